The van der Waals surface area contributed by atoms with Crippen molar-refractivity contribution in [2.45, 2.75) is 43.6 Å². The van der Waals surface area contributed by atoms with Crippen molar-refractivity contribution >= 4 is 11.8 Å². The van der Waals surface area contributed by atoms with Crippen molar-refractivity contribution < 1.29 is 46.2 Å². The van der Waals surface area contributed by atoms with Gasteiger partial charge in [-0.25, -0.2) is 0 Å². The number of nitrogens with two attached hydrogens (primary N) is 1. The molecule has 0 aromatic heterocycles. The molecule has 0 fully saturated rings. The average Bonchev–Trinajstić information content (AvgIpc) is 2.47. The summed E-state index contributed by atoms with van der Waals surface area (Å²) in [7, 11) is 0. The van der Waals surface area contributed by atoms with Crippen LogP contribution in [0.15, 0.2) is 0 Å². The molecule has 124 valence electrons. The van der Waals surface area contributed by atoms with Crippen LogP contribution in [0.1, 0.15) is 19.3 Å². The zero-order valence-electron chi connectivity index (χ0n) is 11.9. The molecule has 4 atom stereocenters. The second-order valence-electron chi connectivity index (χ2n) is 4.94. The molecule has 0 radical (unpaired) electrons. The van der Waals surface area contributed by atoms with Gasteiger partial charge in [0.15, 0.2) is 0 Å². The third-order valence-corrected chi connectivity index (χ3v) is 3.12. The van der Waals surface area contributed by atoms with Gasteiger partial charge in [0.25, 0.3) is 0 Å². The van der Waals surface area contributed by atoms with Crippen molar-refractivity contribution in [3.05, 3.63) is 0 Å². The number of hydrogen-bond donors (Lipinski definition) is 6. The van der Waals surface area contributed by atoms with Crippen molar-refractivity contribution in [1.82, 2.24) is 0 Å². The smallest absolute Gasteiger partial charge is 0.217 e. The van der Waals surface area contributed by atoms with Gasteiger partial charge in [0.1, 0.15) is 30.9 Å². The molecule has 0 saturated carbocycles. The molecule has 9 heteroatoms. The summed E-state index contributed by atoms with van der Waals surface area (Å²) in [6.45, 7) is -0.276. The summed E-state index contributed by atoms with van der Waals surface area (Å²) in [5.74, 6) is -1.84. The van der Waals surface area contributed by atoms with Crippen LogP contribution in [0.3, 0.4) is 0 Å². The molecule has 0 aromatic carbocycles. The quantitative estimate of drug-likeness (QED) is 0.194. The molecule has 9 nitrogen and oxygen atoms in total. The number of rotatable bonds is 12. The summed E-state index contributed by atoms with van der Waals surface area (Å²) in [5, 5.41) is 48.5. The molecule has 0 unspecified atom stereocenters. The van der Waals surface area contributed by atoms with E-state index in [1.807, 2.05) is 0 Å². The normalized spacial score (nSPS) is 17.0. The molecule has 0 aromatic rings. The lowest BCUT2D eigenvalue weighted by molar-refractivity contribution is -0.644. The number of aliphatic hydroxyl groups is 4. The molecule has 0 saturated heterocycles. The number of ketones is 1. The summed E-state index contributed by atoms with van der Waals surface area (Å²) >= 11 is 0. The number of carbonyl (C=O) groups is 2. The number of carboxylic acid groups (broad SMARTS) is 1. The highest BCUT2D eigenvalue weighted by molar-refractivity contribution is 5.84. The van der Waals surface area contributed by atoms with E-state index < -0.39 is 42.7 Å². The first-order valence-corrected chi connectivity index (χ1v) is 6.84. The van der Waals surface area contributed by atoms with Crippen molar-refractivity contribution in [2.24, 2.45) is 0 Å². The van der Waals surface area contributed by atoms with Gasteiger partial charge >= 0.3 is 0 Å². The zero-order valence-corrected chi connectivity index (χ0v) is 11.9. The summed E-state index contributed by atoms with van der Waals surface area (Å²) in [6, 6.07) is -0.747. The van der Waals surface area contributed by atoms with E-state index in [1.54, 1.807) is 5.32 Å². The highest BCUT2D eigenvalue weighted by Gasteiger charge is 2.30. The minimum absolute atomic E-state index is 0.0787. The fourth-order valence-corrected chi connectivity index (χ4v) is 1.67. The molecule has 0 heterocycles. The van der Waals surface area contributed by atoms with E-state index >= 15 is 0 Å². The first-order chi connectivity index (χ1) is 9.81. The molecule has 21 heavy (non-hydrogen) atoms. The fourth-order valence-electron chi connectivity index (χ4n) is 1.67. The topological polar surface area (TPSA) is 182 Å². The molecule has 0 aliphatic heterocycles. The molecule has 0 bridgehead atoms. The Bertz CT molecular complexity index is 327. The van der Waals surface area contributed by atoms with Gasteiger partial charge in [0, 0.05) is 6.42 Å². The predicted molar refractivity (Wildman–Crippen MR) is 67.3 cm³/mol. The lowest BCUT2D eigenvalue weighted by Crippen LogP contribution is -2.86. The number of Topliss-reactive ketones (excluding diaryl/α,β-unsaturated/α-hetero) is 1. The molecule has 0 aliphatic rings. The number of hydrogen-bond acceptors (Lipinski definition) is 7. The largest absolute Gasteiger partial charge is 0.544 e. The third-order valence-electron chi connectivity index (χ3n) is 3.12. The standard InChI is InChI=1S/C12H24N2O7/c13-7(12(20)21)3-1-2-4-14-5-8(16)10(18)11(19)9(17)6-15/h7,9-11,14-15,17-19H,1-6,13H2,(H,20,21)/p+1/t7-,9+,10-,11+/m0/s1. The van der Waals surface area contributed by atoms with Gasteiger partial charge < -0.3 is 41.4 Å². The SMILES string of the molecule is [NH3+][C@@H](CCCC[NH2+]CC(=O)[C@H](O)[C@H](O)[C@H](O)CO)C(=O)[O-]. The van der Waals surface area contributed by atoms with E-state index in [4.69, 9.17) is 10.2 Å². The molecule has 0 spiro atoms. The Morgan fingerprint density at radius 3 is 2.33 bits per heavy atom. The van der Waals surface area contributed by atoms with E-state index in [-0.39, 0.29) is 6.54 Å². The number of carbonyl (C=O) groups excluding carboxylic acids is 2. The Morgan fingerprint density at radius 2 is 1.81 bits per heavy atom. The van der Waals surface area contributed by atoms with Crippen LogP contribution in [-0.4, -0.2) is 76.2 Å². The highest BCUT2D eigenvalue weighted by atomic mass is 16.4. The van der Waals surface area contributed by atoms with Crippen LogP contribution in [0.25, 0.3) is 0 Å². The zero-order chi connectivity index (χ0) is 16.4. The van der Waals surface area contributed by atoms with Gasteiger partial charge in [0.05, 0.1) is 19.1 Å². The van der Waals surface area contributed by atoms with Gasteiger partial charge in [-0.05, 0) is 12.8 Å². The third kappa shape index (κ3) is 8.05. The van der Waals surface area contributed by atoms with E-state index in [9.17, 15) is 24.9 Å². The van der Waals surface area contributed by atoms with Crippen molar-refractivity contribution in [2.75, 3.05) is 19.7 Å². The molecule has 0 amide bonds. The maximum absolute atomic E-state index is 11.5. The molecule has 9 N–H and O–H groups in total. The van der Waals surface area contributed by atoms with Crippen LogP contribution in [0.2, 0.25) is 0 Å². The van der Waals surface area contributed by atoms with Crippen LogP contribution >= 0.6 is 0 Å². The minimum atomic E-state index is -1.74. The Balaban J connectivity index is 3.77. The van der Waals surface area contributed by atoms with Gasteiger partial charge in [0.2, 0.25) is 5.78 Å². The van der Waals surface area contributed by atoms with Crippen LogP contribution in [0.5, 0.6) is 0 Å². The minimum Gasteiger partial charge on any atom is -0.544 e. The van der Waals surface area contributed by atoms with E-state index in [1.165, 1.54) is 0 Å². The Labute approximate surface area is 122 Å². The average molecular weight is 309 g/mol. The second kappa shape index (κ2) is 10.6. The highest BCUT2D eigenvalue weighted by Crippen LogP contribution is 2.00. The lowest BCUT2D eigenvalue weighted by Gasteiger charge is -2.19. The Hall–Kier alpha value is -1.10. The van der Waals surface area contributed by atoms with Gasteiger partial charge in [-0.1, -0.05) is 0 Å². The Kier molecular flexibility index (Phi) is 10.0. The number of aliphatic carboxylic acids is 1. The first kappa shape index (κ1) is 19.9. The van der Waals surface area contributed by atoms with Gasteiger partial charge in [-0.15, -0.1) is 0 Å². The van der Waals surface area contributed by atoms with Crippen molar-refractivity contribution in [3.63, 3.8) is 0 Å². The molecule has 0 rings (SSSR count). The molecular weight excluding hydrogens is 284 g/mol. The predicted octanol–water partition coefficient (Wildman–Crippen LogP) is -6.28. The van der Waals surface area contributed by atoms with E-state index in [2.05, 4.69) is 5.73 Å². The second-order valence-corrected chi connectivity index (χ2v) is 4.94. The monoisotopic (exact) mass is 309 g/mol. The summed E-state index contributed by atoms with van der Waals surface area (Å²) in [6.07, 6.45) is -3.33. The Morgan fingerprint density at radius 1 is 1.19 bits per heavy atom. The van der Waals surface area contributed by atoms with Crippen molar-refractivity contribution in [1.29, 1.82) is 0 Å². The van der Waals surface area contributed by atoms with Crippen LogP contribution in [0.4, 0.5) is 0 Å². The maximum atomic E-state index is 11.5. The number of aliphatic hydroxyl groups excluding tert-OH is 4. The maximum Gasteiger partial charge on any atom is 0.217 e. The molecular formula is C12H25N2O7+. The van der Waals surface area contributed by atoms with Crippen LogP contribution in [-0.2, 0) is 9.59 Å². The number of carboxylic acids is 1. The van der Waals surface area contributed by atoms with Gasteiger partial charge in [-0.2, -0.15) is 0 Å². The van der Waals surface area contributed by atoms with E-state index in [0.717, 1.165) is 0 Å². The summed E-state index contributed by atoms with van der Waals surface area (Å²) in [4.78, 5) is 21.9. The van der Waals surface area contributed by atoms with Gasteiger partial charge in [-0.3, -0.25) is 4.79 Å². The number of unbranched alkanes of at least 4 members (excludes halogenated alkanes) is 1. The number of quaternary nitrogens is 2. The first-order valence-electron chi connectivity index (χ1n) is 6.84. The molecule has 0 aliphatic carbocycles. The van der Waals surface area contributed by atoms with Crippen LogP contribution in [0, 0.1) is 0 Å². The summed E-state index contributed by atoms with van der Waals surface area (Å²) < 4.78 is 0. The van der Waals surface area contributed by atoms with E-state index in [0.29, 0.717) is 25.8 Å². The lowest BCUT2D eigenvalue weighted by atomic mass is 10.0. The fraction of sp³-hybridized carbons (Fsp3) is 0.833. The van der Waals surface area contributed by atoms with Crippen molar-refractivity contribution in [3.8, 4) is 0 Å². The van der Waals surface area contributed by atoms with Crippen LogP contribution < -0.4 is 16.2 Å². The summed E-state index contributed by atoms with van der Waals surface area (Å²) in [5.41, 5.74) is 3.42.